The van der Waals surface area contributed by atoms with Gasteiger partial charge in [0, 0.05) is 6.61 Å². The van der Waals surface area contributed by atoms with Gasteiger partial charge < -0.3 is 15.8 Å². The zero-order valence-electron chi connectivity index (χ0n) is 11.2. The van der Waals surface area contributed by atoms with E-state index in [9.17, 15) is 13.2 Å². The average molecular weight is 298 g/mol. The molecular formula is C13H13F3N4O. The number of fused-ring (bicyclic) bond motifs is 1. The van der Waals surface area contributed by atoms with Crippen LogP contribution >= 0.6 is 0 Å². The molecule has 0 bridgehead atoms. The lowest BCUT2D eigenvalue weighted by atomic mass is 10.1. The summed E-state index contributed by atoms with van der Waals surface area (Å²) in [6.45, 7) is 2.29. The highest BCUT2D eigenvalue weighted by molar-refractivity contribution is 5.91. The van der Waals surface area contributed by atoms with E-state index in [0.717, 1.165) is 0 Å². The van der Waals surface area contributed by atoms with Crippen LogP contribution in [0.1, 0.15) is 12.2 Å². The van der Waals surface area contributed by atoms with Crippen LogP contribution in [-0.4, -0.2) is 29.2 Å². The van der Waals surface area contributed by atoms with Crippen molar-refractivity contribution < 1.29 is 17.9 Å². The fourth-order valence-corrected chi connectivity index (χ4v) is 2.38. The summed E-state index contributed by atoms with van der Waals surface area (Å²) in [7, 11) is 0. The number of ether oxygens (including phenoxy) is 1. The van der Waals surface area contributed by atoms with Gasteiger partial charge in [0.15, 0.2) is 17.5 Å². The van der Waals surface area contributed by atoms with E-state index < -0.39 is 28.5 Å². The molecule has 0 saturated carbocycles. The Morgan fingerprint density at radius 3 is 2.62 bits per heavy atom. The van der Waals surface area contributed by atoms with Crippen molar-refractivity contribution in [3.63, 3.8) is 0 Å². The predicted molar refractivity (Wildman–Crippen MR) is 71.4 cm³/mol. The molecule has 21 heavy (non-hydrogen) atoms. The molecule has 0 amide bonds. The summed E-state index contributed by atoms with van der Waals surface area (Å²) in [5.74, 6) is -3.67. The standard InChI is InChI=1S/C13H13F3N4O/c1-5-18-11-7(13(17)19-5)8(14)9(15)12(10(11)16)20-6-2-3-21-4-6/h6,20H,2-4H2,1H3,(H2,17,18,19). The van der Waals surface area contributed by atoms with Crippen LogP contribution in [0, 0.1) is 24.4 Å². The third-order valence-corrected chi connectivity index (χ3v) is 3.39. The van der Waals surface area contributed by atoms with Crippen molar-refractivity contribution in [2.24, 2.45) is 0 Å². The highest BCUT2D eigenvalue weighted by Crippen LogP contribution is 2.33. The summed E-state index contributed by atoms with van der Waals surface area (Å²) in [6, 6.07) is -0.272. The van der Waals surface area contributed by atoms with Crippen LogP contribution in [0.3, 0.4) is 0 Å². The first kappa shape index (κ1) is 13.9. The number of benzene rings is 1. The number of anilines is 2. The van der Waals surface area contributed by atoms with Gasteiger partial charge in [0.25, 0.3) is 0 Å². The minimum atomic E-state index is -1.33. The average Bonchev–Trinajstić information content (AvgIpc) is 2.93. The molecule has 1 unspecified atom stereocenters. The molecule has 8 heteroatoms. The molecule has 1 aromatic carbocycles. The lowest BCUT2D eigenvalue weighted by Gasteiger charge is -2.16. The minimum Gasteiger partial charge on any atom is -0.383 e. The maximum Gasteiger partial charge on any atom is 0.185 e. The Hall–Kier alpha value is -2.09. The Morgan fingerprint density at radius 1 is 1.19 bits per heavy atom. The van der Waals surface area contributed by atoms with Crippen LogP contribution in [0.5, 0.6) is 0 Å². The number of halogens is 3. The Kier molecular flexibility index (Phi) is 3.32. The molecule has 1 atom stereocenters. The number of nitrogens with one attached hydrogen (secondary N) is 1. The topological polar surface area (TPSA) is 73.1 Å². The van der Waals surface area contributed by atoms with Crippen LogP contribution in [-0.2, 0) is 4.74 Å². The number of nitrogen functional groups attached to an aromatic ring is 1. The van der Waals surface area contributed by atoms with Crippen molar-refractivity contribution in [3.05, 3.63) is 23.3 Å². The summed E-state index contributed by atoms with van der Waals surface area (Å²) in [5.41, 5.74) is 4.66. The van der Waals surface area contributed by atoms with E-state index in [0.29, 0.717) is 19.6 Å². The monoisotopic (exact) mass is 298 g/mol. The van der Waals surface area contributed by atoms with E-state index in [2.05, 4.69) is 15.3 Å². The quantitative estimate of drug-likeness (QED) is 0.831. The third kappa shape index (κ3) is 2.25. The first-order valence-corrected chi connectivity index (χ1v) is 6.43. The third-order valence-electron chi connectivity index (χ3n) is 3.39. The number of aryl methyl sites for hydroxylation is 1. The van der Waals surface area contributed by atoms with E-state index in [-0.39, 0.29) is 23.2 Å². The van der Waals surface area contributed by atoms with Crippen molar-refractivity contribution in [2.75, 3.05) is 24.3 Å². The maximum absolute atomic E-state index is 14.5. The second-order valence-electron chi connectivity index (χ2n) is 4.90. The van der Waals surface area contributed by atoms with Gasteiger partial charge in [0.05, 0.1) is 18.0 Å². The molecule has 0 spiro atoms. The molecule has 5 nitrogen and oxygen atoms in total. The molecule has 2 aromatic rings. The molecule has 3 rings (SSSR count). The van der Waals surface area contributed by atoms with Gasteiger partial charge in [-0.3, -0.25) is 0 Å². The zero-order chi connectivity index (χ0) is 15.1. The largest absolute Gasteiger partial charge is 0.383 e. The van der Waals surface area contributed by atoms with Gasteiger partial charge >= 0.3 is 0 Å². The Balaban J connectivity index is 2.20. The molecule has 1 saturated heterocycles. The summed E-state index contributed by atoms with van der Waals surface area (Å²) < 4.78 is 47.8. The van der Waals surface area contributed by atoms with Crippen molar-refractivity contribution >= 4 is 22.4 Å². The van der Waals surface area contributed by atoms with Gasteiger partial charge in [-0.05, 0) is 13.3 Å². The molecule has 0 radical (unpaired) electrons. The number of hydrogen-bond donors (Lipinski definition) is 2. The number of aromatic nitrogens is 2. The number of nitrogens with two attached hydrogens (primary N) is 1. The normalized spacial score (nSPS) is 18.4. The van der Waals surface area contributed by atoms with Gasteiger partial charge in [0.2, 0.25) is 0 Å². The summed E-state index contributed by atoms with van der Waals surface area (Å²) in [6.07, 6.45) is 0.587. The van der Waals surface area contributed by atoms with E-state index >= 15 is 0 Å². The second-order valence-corrected chi connectivity index (χ2v) is 4.90. The lowest BCUT2D eigenvalue weighted by Crippen LogP contribution is -2.21. The summed E-state index contributed by atoms with van der Waals surface area (Å²) in [4.78, 5) is 7.56. The molecule has 1 aromatic heterocycles. The van der Waals surface area contributed by atoms with Gasteiger partial charge in [-0.15, -0.1) is 0 Å². The number of rotatable bonds is 2. The number of hydrogen-bond acceptors (Lipinski definition) is 5. The molecule has 1 fully saturated rings. The van der Waals surface area contributed by atoms with E-state index in [1.165, 1.54) is 6.92 Å². The minimum absolute atomic E-state index is 0.181. The fourth-order valence-electron chi connectivity index (χ4n) is 2.38. The molecule has 1 aliphatic heterocycles. The van der Waals surface area contributed by atoms with E-state index in [4.69, 9.17) is 10.5 Å². The summed E-state index contributed by atoms with van der Waals surface area (Å²) in [5, 5.41) is 2.19. The molecule has 0 aliphatic carbocycles. The van der Waals surface area contributed by atoms with Gasteiger partial charge in [-0.1, -0.05) is 0 Å². The number of nitrogens with zero attached hydrogens (tertiary/aromatic N) is 2. The first-order chi connectivity index (χ1) is 9.99. The summed E-state index contributed by atoms with van der Waals surface area (Å²) >= 11 is 0. The lowest BCUT2D eigenvalue weighted by molar-refractivity contribution is 0.195. The molecule has 112 valence electrons. The Labute approximate surface area is 118 Å². The van der Waals surface area contributed by atoms with Crippen LogP contribution in [0.25, 0.3) is 10.9 Å². The van der Waals surface area contributed by atoms with Gasteiger partial charge in [-0.25, -0.2) is 23.1 Å². The second kappa shape index (κ2) is 5.03. The SMILES string of the molecule is Cc1nc(N)c2c(F)c(F)c(NC3CCOC3)c(F)c2n1. The molecular weight excluding hydrogens is 285 g/mol. The van der Waals surface area contributed by atoms with Crippen molar-refractivity contribution in [3.8, 4) is 0 Å². The van der Waals surface area contributed by atoms with Gasteiger partial charge in [-0.2, -0.15) is 0 Å². The van der Waals surface area contributed by atoms with Crippen LogP contribution in [0.15, 0.2) is 0 Å². The van der Waals surface area contributed by atoms with Crippen LogP contribution < -0.4 is 11.1 Å². The Morgan fingerprint density at radius 2 is 1.95 bits per heavy atom. The molecule has 2 heterocycles. The van der Waals surface area contributed by atoms with E-state index in [1.807, 2.05) is 0 Å². The predicted octanol–water partition coefficient (Wildman–Crippen LogP) is 2.14. The Bertz CT molecular complexity index is 717. The van der Waals surface area contributed by atoms with Gasteiger partial charge in [0.1, 0.15) is 22.8 Å². The van der Waals surface area contributed by atoms with Crippen LogP contribution in [0.4, 0.5) is 24.7 Å². The smallest absolute Gasteiger partial charge is 0.185 e. The zero-order valence-corrected chi connectivity index (χ0v) is 11.2. The van der Waals surface area contributed by atoms with Crippen molar-refractivity contribution in [1.82, 2.24) is 9.97 Å². The molecule has 3 N–H and O–H groups in total. The van der Waals surface area contributed by atoms with E-state index in [1.54, 1.807) is 0 Å². The molecule has 1 aliphatic rings. The maximum atomic E-state index is 14.5. The highest BCUT2D eigenvalue weighted by Gasteiger charge is 2.26. The first-order valence-electron chi connectivity index (χ1n) is 6.43. The van der Waals surface area contributed by atoms with Crippen LogP contribution in [0.2, 0.25) is 0 Å². The fraction of sp³-hybridized carbons (Fsp3) is 0.385. The highest BCUT2D eigenvalue weighted by atomic mass is 19.2. The van der Waals surface area contributed by atoms with Crippen molar-refractivity contribution in [1.29, 1.82) is 0 Å². The van der Waals surface area contributed by atoms with Crippen molar-refractivity contribution in [2.45, 2.75) is 19.4 Å².